The van der Waals surface area contributed by atoms with Crippen LogP contribution in [-0.2, 0) is 0 Å². The van der Waals surface area contributed by atoms with Gasteiger partial charge in [0, 0.05) is 0 Å². The molecule has 0 amide bonds. The quantitative estimate of drug-likeness (QED) is 0.405. The average molecular weight is 99.2 g/mol. The van der Waals surface area contributed by atoms with Crippen molar-refractivity contribution in [3.8, 4) is 11.8 Å². The molecule has 1 heteroatoms. The summed E-state index contributed by atoms with van der Waals surface area (Å²) in [4.78, 5) is 0. The summed E-state index contributed by atoms with van der Waals surface area (Å²) in [6, 6.07) is 0. The predicted molar refractivity (Wildman–Crippen MR) is 30.5 cm³/mol. The topological polar surface area (TPSA) is 0 Å². The van der Waals surface area contributed by atoms with E-state index >= 15 is 0 Å². The number of rotatable bonds is 0. The molecule has 0 aliphatic heterocycles. The molecular weight excluding hydrogens is 92.1 g/mol. The van der Waals surface area contributed by atoms with Crippen molar-refractivity contribution in [2.75, 3.05) is 0 Å². The highest BCUT2D eigenvalue weighted by molar-refractivity contribution is 7.81. The third-order valence-electron chi connectivity index (χ3n) is 0.348. The normalized spacial score (nSPS) is 11.8. The van der Waals surface area contributed by atoms with Gasteiger partial charge in [0.2, 0.25) is 0 Å². The van der Waals surface area contributed by atoms with Crippen molar-refractivity contribution in [3.05, 3.63) is 0 Å². The summed E-state index contributed by atoms with van der Waals surface area (Å²) in [5.74, 6) is 5.49. The van der Waals surface area contributed by atoms with Crippen molar-refractivity contribution in [2.24, 2.45) is 0 Å². The molecule has 0 nitrogen and oxygen atoms in total. The first-order valence-corrected chi connectivity index (χ1v) is 2.32. The number of hydrogen-bond acceptors (Lipinski definition) is 0. The molecule has 0 saturated carbocycles. The molecular formula is C5H7S. The van der Waals surface area contributed by atoms with Crippen LogP contribution in [0.4, 0.5) is 0 Å². The second-order valence-corrected chi connectivity index (χ2v) is 1.74. The Morgan fingerprint density at radius 1 is 1.67 bits per heavy atom. The highest BCUT2D eigenvalue weighted by atomic mass is 32.1. The summed E-state index contributed by atoms with van der Waals surface area (Å²) >= 11 is 4.70. The Bertz CT molecular complexity index is 73.7. The molecule has 0 rings (SSSR count). The van der Waals surface area contributed by atoms with Crippen LogP contribution in [0.15, 0.2) is 0 Å². The Morgan fingerprint density at radius 3 is 2.17 bits per heavy atom. The summed E-state index contributed by atoms with van der Waals surface area (Å²) in [7, 11) is 0. The molecule has 0 aliphatic carbocycles. The zero-order valence-electron chi connectivity index (χ0n) is 3.99. The van der Waals surface area contributed by atoms with Crippen molar-refractivity contribution < 1.29 is 0 Å². The third-order valence-corrected chi connectivity index (χ3v) is 0.465. The van der Waals surface area contributed by atoms with Crippen molar-refractivity contribution in [2.45, 2.75) is 19.1 Å². The maximum Gasteiger partial charge on any atom is 0.0732 e. The minimum absolute atomic E-state index is 0.120. The van der Waals surface area contributed by atoms with Crippen LogP contribution in [0.5, 0.6) is 0 Å². The maximum absolute atomic E-state index is 4.70. The maximum atomic E-state index is 4.70. The molecule has 6 heavy (non-hydrogen) atoms. The summed E-state index contributed by atoms with van der Waals surface area (Å²) in [6.07, 6.45) is 0. The Balaban J connectivity index is 3.20. The van der Waals surface area contributed by atoms with Crippen LogP contribution >= 0.6 is 12.6 Å². The first-order valence-electron chi connectivity index (χ1n) is 1.85. The molecule has 0 heterocycles. The van der Waals surface area contributed by atoms with Crippen LogP contribution in [0.2, 0.25) is 0 Å². The average Bonchev–Trinajstić information content (AvgIpc) is 1.35. The van der Waals surface area contributed by atoms with E-state index in [1.165, 1.54) is 0 Å². The zero-order chi connectivity index (χ0) is 4.99. The van der Waals surface area contributed by atoms with Gasteiger partial charge in [0.15, 0.2) is 0 Å². The van der Waals surface area contributed by atoms with Gasteiger partial charge in [0.25, 0.3) is 0 Å². The van der Waals surface area contributed by atoms with E-state index in [2.05, 4.69) is 11.8 Å². The molecule has 0 bridgehead atoms. The molecule has 33 valence electrons. The highest BCUT2D eigenvalue weighted by Crippen LogP contribution is 1.85. The van der Waals surface area contributed by atoms with Crippen molar-refractivity contribution in [1.82, 2.24) is 0 Å². The third kappa shape index (κ3) is 3.91. The van der Waals surface area contributed by atoms with Crippen LogP contribution < -0.4 is 0 Å². The molecule has 0 aromatic heterocycles. The first kappa shape index (κ1) is 5.91. The largest absolute Gasteiger partial charge is 0.106 e. The molecule has 1 unspecified atom stereocenters. The first-order chi connectivity index (χ1) is 2.77. The van der Waals surface area contributed by atoms with E-state index in [1.54, 1.807) is 6.92 Å². The van der Waals surface area contributed by atoms with Crippen molar-refractivity contribution in [3.63, 3.8) is 0 Å². The lowest BCUT2D eigenvalue weighted by molar-refractivity contribution is 1.31. The van der Waals surface area contributed by atoms with Gasteiger partial charge in [-0.2, -0.15) is 0 Å². The minimum atomic E-state index is 0.120. The molecule has 0 fully saturated rings. The lowest BCUT2D eigenvalue weighted by atomic mass is 10.5. The van der Waals surface area contributed by atoms with E-state index in [0.29, 0.717) is 0 Å². The second kappa shape index (κ2) is 3.11. The Morgan fingerprint density at radius 2 is 2.17 bits per heavy atom. The van der Waals surface area contributed by atoms with Gasteiger partial charge in [-0.05, 0) is 13.8 Å². The molecule has 1 radical (unpaired) electrons. The molecule has 1 atom stereocenters. The summed E-state index contributed by atoms with van der Waals surface area (Å²) in [6.45, 7) is 3.69. The molecule has 0 spiro atoms. The van der Waals surface area contributed by atoms with Gasteiger partial charge >= 0.3 is 0 Å². The molecule has 0 aliphatic rings. The van der Waals surface area contributed by atoms with Gasteiger partial charge < -0.3 is 0 Å². The second-order valence-electron chi connectivity index (χ2n) is 1.04. The van der Waals surface area contributed by atoms with Gasteiger partial charge in [-0.3, -0.25) is 0 Å². The highest BCUT2D eigenvalue weighted by Gasteiger charge is 1.78. The SMILES string of the molecule is CC#CC(C)[S]. The lowest BCUT2D eigenvalue weighted by Crippen LogP contribution is -1.79. The minimum Gasteiger partial charge on any atom is -0.106 e. The molecule has 0 saturated heterocycles. The van der Waals surface area contributed by atoms with Crippen molar-refractivity contribution in [1.29, 1.82) is 0 Å². The number of hydrogen-bond donors (Lipinski definition) is 0. The van der Waals surface area contributed by atoms with E-state index in [9.17, 15) is 0 Å². The lowest BCUT2D eigenvalue weighted by Gasteiger charge is -1.79. The molecule has 0 aromatic carbocycles. The predicted octanol–water partition coefficient (Wildman–Crippen LogP) is 1.60. The Labute approximate surface area is 44.4 Å². The smallest absolute Gasteiger partial charge is 0.0732 e. The fraction of sp³-hybridized carbons (Fsp3) is 0.600. The fourth-order valence-corrected chi connectivity index (χ4v) is 0.321. The fourth-order valence-electron chi connectivity index (χ4n) is 0.203. The Hall–Kier alpha value is -0.0900. The van der Waals surface area contributed by atoms with Gasteiger partial charge in [0.05, 0.1) is 5.25 Å². The zero-order valence-corrected chi connectivity index (χ0v) is 4.80. The van der Waals surface area contributed by atoms with Gasteiger partial charge in [0.1, 0.15) is 0 Å². The van der Waals surface area contributed by atoms with Crippen LogP contribution in [-0.4, -0.2) is 5.25 Å². The van der Waals surface area contributed by atoms with E-state index < -0.39 is 0 Å². The molecule has 0 N–H and O–H groups in total. The van der Waals surface area contributed by atoms with Crippen LogP contribution in [0, 0.1) is 11.8 Å². The van der Waals surface area contributed by atoms with Gasteiger partial charge in [-0.25, -0.2) is 0 Å². The molecule has 0 aromatic rings. The van der Waals surface area contributed by atoms with E-state index in [4.69, 9.17) is 12.6 Å². The van der Waals surface area contributed by atoms with E-state index in [-0.39, 0.29) is 5.25 Å². The Kier molecular flexibility index (Phi) is 3.07. The van der Waals surface area contributed by atoms with E-state index in [0.717, 1.165) is 0 Å². The summed E-state index contributed by atoms with van der Waals surface area (Å²) in [5.41, 5.74) is 0. The van der Waals surface area contributed by atoms with Crippen molar-refractivity contribution >= 4 is 12.6 Å². The standard InChI is InChI=1S/C5H7S/c1-3-4-5(2)6/h5H,1-2H3. The summed E-state index contributed by atoms with van der Waals surface area (Å²) in [5, 5.41) is 0.120. The van der Waals surface area contributed by atoms with E-state index in [1.807, 2.05) is 6.92 Å². The van der Waals surface area contributed by atoms with Gasteiger partial charge in [-0.1, -0.05) is 18.5 Å². The van der Waals surface area contributed by atoms with Crippen LogP contribution in [0.3, 0.4) is 0 Å². The monoisotopic (exact) mass is 99.0 g/mol. The van der Waals surface area contributed by atoms with Crippen LogP contribution in [0.25, 0.3) is 0 Å². The van der Waals surface area contributed by atoms with Crippen LogP contribution in [0.1, 0.15) is 13.8 Å². The van der Waals surface area contributed by atoms with Gasteiger partial charge in [-0.15, -0.1) is 5.92 Å². The summed E-state index contributed by atoms with van der Waals surface area (Å²) < 4.78 is 0.